The fourth-order valence-electron chi connectivity index (χ4n) is 0.878. The molecule has 1 rings (SSSR count). The standard InChI is InChI=1S/C5H10O2S2/c6-9(8)5-1-3-7-4-2-5/h5H,1-4H2,(H,6,8). The van der Waals surface area contributed by atoms with E-state index in [1.54, 1.807) is 0 Å². The monoisotopic (exact) mass is 166 g/mol. The van der Waals surface area contributed by atoms with Gasteiger partial charge in [0.1, 0.15) is 0 Å². The van der Waals surface area contributed by atoms with Gasteiger partial charge in [-0.1, -0.05) is 0 Å². The average molecular weight is 166 g/mol. The third kappa shape index (κ3) is 2.29. The number of rotatable bonds is 1. The molecule has 1 heterocycles. The Morgan fingerprint density at radius 2 is 2.00 bits per heavy atom. The number of ether oxygens (including phenoxy) is 1. The lowest BCUT2D eigenvalue weighted by molar-refractivity contribution is 0.0989. The van der Waals surface area contributed by atoms with Crippen molar-refractivity contribution in [2.24, 2.45) is 0 Å². The molecule has 4 heteroatoms. The lowest BCUT2D eigenvalue weighted by atomic mass is 10.2. The van der Waals surface area contributed by atoms with Crippen molar-refractivity contribution < 1.29 is 9.29 Å². The first-order chi connectivity index (χ1) is 4.30. The molecule has 1 saturated heterocycles. The largest absolute Gasteiger partial charge is 0.381 e. The van der Waals surface area contributed by atoms with Crippen LogP contribution in [0, 0.1) is 0 Å². The van der Waals surface area contributed by atoms with Crippen LogP contribution in [-0.2, 0) is 25.7 Å². The fraction of sp³-hybridized carbons (Fsp3) is 1.00. The molecule has 0 bridgehead atoms. The molecule has 1 atom stereocenters. The summed E-state index contributed by atoms with van der Waals surface area (Å²) in [6.07, 6.45) is 1.87. The third-order valence-electron chi connectivity index (χ3n) is 1.45. The topological polar surface area (TPSA) is 29.5 Å². The summed E-state index contributed by atoms with van der Waals surface area (Å²) in [7, 11) is -0.799. The molecule has 1 aliphatic rings. The zero-order chi connectivity index (χ0) is 6.69. The molecule has 0 spiro atoms. The van der Waals surface area contributed by atoms with Gasteiger partial charge in [-0.15, -0.1) is 0 Å². The van der Waals surface area contributed by atoms with Gasteiger partial charge in [-0.05, 0) is 24.0 Å². The molecular formula is C5H10O2S2. The van der Waals surface area contributed by atoms with E-state index in [2.05, 4.69) is 0 Å². The van der Waals surface area contributed by atoms with Crippen molar-refractivity contribution in [3.63, 3.8) is 0 Å². The van der Waals surface area contributed by atoms with E-state index in [9.17, 15) is 0 Å². The van der Waals surface area contributed by atoms with E-state index in [1.807, 2.05) is 0 Å². The Kier molecular flexibility index (Phi) is 3.04. The van der Waals surface area contributed by atoms with E-state index in [4.69, 9.17) is 20.5 Å². The summed E-state index contributed by atoms with van der Waals surface area (Å²) in [6.45, 7) is 1.54. The van der Waals surface area contributed by atoms with E-state index < -0.39 is 9.74 Å². The van der Waals surface area contributed by atoms with Gasteiger partial charge in [-0.2, -0.15) is 0 Å². The predicted molar refractivity (Wildman–Crippen MR) is 41.2 cm³/mol. The Morgan fingerprint density at radius 3 is 2.33 bits per heavy atom. The Morgan fingerprint density at radius 1 is 1.44 bits per heavy atom. The van der Waals surface area contributed by atoms with Gasteiger partial charge in [-0.3, -0.25) is 0 Å². The van der Waals surface area contributed by atoms with Gasteiger partial charge in [0, 0.05) is 28.2 Å². The maximum absolute atomic E-state index is 8.96. The lowest BCUT2D eigenvalue weighted by Gasteiger charge is -2.19. The molecule has 0 aliphatic carbocycles. The van der Waals surface area contributed by atoms with Crippen LogP contribution in [-0.4, -0.2) is 23.0 Å². The van der Waals surface area contributed by atoms with Crippen LogP contribution >= 0.6 is 0 Å². The molecule has 1 unspecified atom stereocenters. The highest BCUT2D eigenvalue weighted by Crippen LogP contribution is 2.11. The highest BCUT2D eigenvalue weighted by atomic mass is 32.8. The predicted octanol–water partition coefficient (Wildman–Crippen LogP) is 0.719. The minimum Gasteiger partial charge on any atom is -0.381 e. The molecule has 0 radical (unpaired) electrons. The summed E-state index contributed by atoms with van der Waals surface area (Å²) in [4.78, 5) is 0. The summed E-state index contributed by atoms with van der Waals surface area (Å²) in [5, 5.41) is 0.328. The van der Waals surface area contributed by atoms with E-state index in [0.29, 0.717) is 5.25 Å². The van der Waals surface area contributed by atoms with Crippen molar-refractivity contribution in [2.45, 2.75) is 18.1 Å². The maximum Gasteiger partial charge on any atom is 0.0477 e. The highest BCUT2D eigenvalue weighted by Gasteiger charge is 2.15. The Bertz CT molecular complexity index is 110. The van der Waals surface area contributed by atoms with Gasteiger partial charge in [0.15, 0.2) is 0 Å². The van der Waals surface area contributed by atoms with Crippen LogP contribution < -0.4 is 0 Å². The van der Waals surface area contributed by atoms with Crippen LogP contribution in [0.1, 0.15) is 12.8 Å². The molecule has 54 valence electrons. The van der Waals surface area contributed by atoms with E-state index >= 15 is 0 Å². The van der Waals surface area contributed by atoms with E-state index in [-0.39, 0.29) is 0 Å². The third-order valence-corrected chi connectivity index (χ3v) is 3.31. The Hall–Kier alpha value is 0.490. The van der Waals surface area contributed by atoms with Gasteiger partial charge < -0.3 is 9.29 Å². The van der Waals surface area contributed by atoms with Crippen LogP contribution in [0.3, 0.4) is 0 Å². The smallest absolute Gasteiger partial charge is 0.0477 e. The molecule has 1 fully saturated rings. The molecule has 9 heavy (non-hydrogen) atoms. The minimum absolute atomic E-state index is 0.328. The minimum atomic E-state index is -0.799. The van der Waals surface area contributed by atoms with Crippen LogP contribution in [0.2, 0.25) is 0 Å². The maximum atomic E-state index is 8.96. The zero-order valence-electron chi connectivity index (χ0n) is 5.08. The van der Waals surface area contributed by atoms with Crippen LogP contribution in [0.15, 0.2) is 0 Å². The molecule has 1 N–H and O–H groups in total. The summed E-state index contributed by atoms with van der Waals surface area (Å²) in [5.74, 6) is 0. The average Bonchev–Trinajstić information content (AvgIpc) is 1.90. The highest BCUT2D eigenvalue weighted by molar-refractivity contribution is 8.26. The van der Waals surface area contributed by atoms with Crippen molar-refractivity contribution in [3.05, 3.63) is 0 Å². The van der Waals surface area contributed by atoms with E-state index in [1.165, 1.54) is 0 Å². The number of hydrogen-bond donors (Lipinski definition) is 1. The lowest BCUT2D eigenvalue weighted by Crippen LogP contribution is -2.23. The molecule has 0 amide bonds. The molecule has 2 nitrogen and oxygen atoms in total. The second kappa shape index (κ2) is 3.61. The van der Waals surface area contributed by atoms with Crippen molar-refractivity contribution >= 4 is 20.9 Å². The van der Waals surface area contributed by atoms with Crippen molar-refractivity contribution in [1.82, 2.24) is 0 Å². The first kappa shape index (κ1) is 7.60. The first-order valence-corrected chi connectivity index (χ1v) is 5.15. The molecule has 1 aliphatic heterocycles. The van der Waals surface area contributed by atoms with Gasteiger partial charge in [-0.25, -0.2) is 0 Å². The SMILES string of the molecule is OS(=S)C1CCOCC1. The fourth-order valence-corrected chi connectivity index (χ4v) is 2.05. The van der Waals surface area contributed by atoms with Gasteiger partial charge in [0.25, 0.3) is 0 Å². The molecule has 0 saturated carbocycles. The Balaban J connectivity index is 2.31. The Labute approximate surface area is 62.0 Å². The van der Waals surface area contributed by atoms with Crippen LogP contribution in [0.25, 0.3) is 0 Å². The summed E-state index contributed by atoms with van der Waals surface area (Å²) < 4.78 is 14.1. The zero-order valence-corrected chi connectivity index (χ0v) is 6.71. The van der Waals surface area contributed by atoms with Crippen molar-refractivity contribution in [3.8, 4) is 0 Å². The molecular weight excluding hydrogens is 156 g/mol. The van der Waals surface area contributed by atoms with Crippen molar-refractivity contribution in [2.75, 3.05) is 13.2 Å². The normalized spacial score (nSPS) is 25.9. The second-order valence-corrected chi connectivity index (χ2v) is 4.33. The van der Waals surface area contributed by atoms with E-state index in [0.717, 1.165) is 26.1 Å². The van der Waals surface area contributed by atoms with Gasteiger partial charge in [0.2, 0.25) is 0 Å². The molecule has 0 aromatic heterocycles. The molecule has 0 aromatic carbocycles. The molecule has 0 aromatic rings. The second-order valence-electron chi connectivity index (χ2n) is 2.09. The van der Waals surface area contributed by atoms with Crippen LogP contribution in [0.4, 0.5) is 0 Å². The summed E-state index contributed by atoms with van der Waals surface area (Å²) in [6, 6.07) is 0. The van der Waals surface area contributed by atoms with Crippen molar-refractivity contribution in [1.29, 1.82) is 0 Å². The van der Waals surface area contributed by atoms with Gasteiger partial charge >= 0.3 is 0 Å². The first-order valence-electron chi connectivity index (χ1n) is 2.98. The quantitative estimate of drug-likeness (QED) is 0.622. The van der Waals surface area contributed by atoms with Gasteiger partial charge in [0.05, 0.1) is 0 Å². The summed E-state index contributed by atoms with van der Waals surface area (Å²) in [5.41, 5.74) is 0. The number of hydrogen-bond acceptors (Lipinski definition) is 2. The summed E-state index contributed by atoms with van der Waals surface area (Å²) >= 11 is 4.73. The van der Waals surface area contributed by atoms with Crippen LogP contribution in [0.5, 0.6) is 0 Å².